The number of aliphatic hydroxyl groups excluding tert-OH is 2. The Morgan fingerprint density at radius 3 is 2.77 bits per heavy atom. The molecule has 1 heterocycles. The van der Waals surface area contributed by atoms with Crippen molar-refractivity contribution in [1.29, 1.82) is 0 Å². The third-order valence-electron chi connectivity index (χ3n) is 4.01. The van der Waals surface area contributed by atoms with E-state index in [9.17, 15) is 15.0 Å². The summed E-state index contributed by atoms with van der Waals surface area (Å²) < 4.78 is 0. The van der Waals surface area contributed by atoms with Crippen molar-refractivity contribution in [3.8, 4) is 0 Å². The Bertz CT molecular complexity index is 504. The zero-order chi connectivity index (χ0) is 15.9. The van der Waals surface area contributed by atoms with Crippen LogP contribution in [0.1, 0.15) is 18.9 Å². The average molecular weight is 304 g/mol. The Morgan fingerprint density at radius 1 is 1.41 bits per heavy atom. The second-order valence-corrected chi connectivity index (χ2v) is 5.54. The van der Waals surface area contributed by atoms with Crippen molar-refractivity contribution in [2.75, 3.05) is 19.7 Å². The zero-order valence-electron chi connectivity index (χ0n) is 12.9. The smallest absolute Gasteiger partial charge is 0.220 e. The highest BCUT2D eigenvalue weighted by Crippen LogP contribution is 2.18. The molecule has 1 aromatic carbocycles. The van der Waals surface area contributed by atoms with E-state index in [4.69, 9.17) is 0 Å². The second kappa shape index (κ2) is 8.08. The zero-order valence-corrected chi connectivity index (χ0v) is 12.9. The van der Waals surface area contributed by atoms with Crippen molar-refractivity contribution in [2.24, 2.45) is 0 Å². The molecule has 5 nitrogen and oxygen atoms in total. The Labute approximate surface area is 131 Å². The molecule has 1 fully saturated rings. The highest BCUT2D eigenvalue weighted by molar-refractivity contribution is 5.76. The second-order valence-electron chi connectivity index (χ2n) is 5.54. The molecule has 1 aliphatic rings. The average Bonchev–Trinajstić information content (AvgIpc) is 2.83. The fourth-order valence-corrected chi connectivity index (χ4v) is 2.74. The predicted molar refractivity (Wildman–Crippen MR) is 86.2 cm³/mol. The molecule has 0 aliphatic carbocycles. The van der Waals surface area contributed by atoms with E-state index in [1.807, 2.05) is 47.4 Å². The van der Waals surface area contributed by atoms with Crippen LogP contribution in [0.2, 0.25) is 0 Å². The van der Waals surface area contributed by atoms with Gasteiger partial charge in [0, 0.05) is 19.5 Å². The first-order valence-electron chi connectivity index (χ1n) is 7.69. The van der Waals surface area contributed by atoms with Crippen LogP contribution >= 0.6 is 0 Å². The quantitative estimate of drug-likeness (QED) is 0.721. The Hall–Kier alpha value is -1.69. The van der Waals surface area contributed by atoms with Crippen LogP contribution < -0.4 is 5.32 Å². The number of nitrogens with zero attached hydrogens (tertiary/aromatic N) is 1. The largest absolute Gasteiger partial charge is 0.395 e. The van der Waals surface area contributed by atoms with Crippen molar-refractivity contribution >= 4 is 12.0 Å². The van der Waals surface area contributed by atoms with E-state index in [0.717, 1.165) is 5.56 Å². The summed E-state index contributed by atoms with van der Waals surface area (Å²) in [5.41, 5.74) is 1.11. The molecule has 1 aliphatic heterocycles. The van der Waals surface area contributed by atoms with Crippen molar-refractivity contribution in [1.82, 2.24) is 10.2 Å². The van der Waals surface area contributed by atoms with Gasteiger partial charge in [-0.3, -0.25) is 9.69 Å². The van der Waals surface area contributed by atoms with Gasteiger partial charge in [-0.15, -0.1) is 0 Å². The lowest BCUT2D eigenvalue weighted by molar-refractivity contribution is -0.122. The minimum atomic E-state index is -0.745. The van der Waals surface area contributed by atoms with E-state index in [1.165, 1.54) is 0 Å². The van der Waals surface area contributed by atoms with Crippen molar-refractivity contribution < 1.29 is 15.0 Å². The molecule has 1 saturated heterocycles. The number of amides is 1. The van der Waals surface area contributed by atoms with Crippen LogP contribution in [-0.4, -0.2) is 58.9 Å². The van der Waals surface area contributed by atoms with Crippen molar-refractivity contribution in [3.63, 3.8) is 0 Å². The topological polar surface area (TPSA) is 72.8 Å². The maximum absolute atomic E-state index is 11.5. The van der Waals surface area contributed by atoms with Gasteiger partial charge in [-0.1, -0.05) is 49.4 Å². The van der Waals surface area contributed by atoms with Gasteiger partial charge in [0.2, 0.25) is 5.91 Å². The molecule has 1 aromatic rings. The maximum atomic E-state index is 11.5. The van der Waals surface area contributed by atoms with Gasteiger partial charge in [0.05, 0.1) is 24.8 Å². The van der Waals surface area contributed by atoms with Crippen LogP contribution in [0.3, 0.4) is 0 Å². The molecule has 0 aromatic heterocycles. The molecule has 3 atom stereocenters. The first-order chi connectivity index (χ1) is 10.7. The van der Waals surface area contributed by atoms with E-state index in [1.54, 1.807) is 6.92 Å². The van der Waals surface area contributed by atoms with Crippen LogP contribution in [0.25, 0.3) is 6.08 Å². The fraction of sp³-hybridized carbons (Fsp3) is 0.471. The molecular formula is C17H24N2O3. The van der Waals surface area contributed by atoms with Gasteiger partial charge in [0.1, 0.15) is 0 Å². The van der Waals surface area contributed by atoms with Gasteiger partial charge in [-0.25, -0.2) is 0 Å². The lowest BCUT2D eigenvalue weighted by Crippen LogP contribution is -2.45. The van der Waals surface area contributed by atoms with E-state index in [-0.39, 0.29) is 24.6 Å². The lowest BCUT2D eigenvalue weighted by Gasteiger charge is -2.22. The summed E-state index contributed by atoms with van der Waals surface area (Å²) in [5.74, 6) is -0.0811. The van der Waals surface area contributed by atoms with Crippen LogP contribution in [0.15, 0.2) is 36.4 Å². The normalized spacial score (nSPS) is 25.7. The van der Waals surface area contributed by atoms with Gasteiger partial charge in [-0.05, 0) is 5.56 Å². The van der Waals surface area contributed by atoms with Gasteiger partial charge in [0.15, 0.2) is 0 Å². The van der Waals surface area contributed by atoms with E-state index in [2.05, 4.69) is 5.32 Å². The number of aliphatic hydroxyl groups is 2. The molecular weight excluding hydrogens is 280 g/mol. The molecule has 22 heavy (non-hydrogen) atoms. The van der Waals surface area contributed by atoms with Crippen LogP contribution in [0.4, 0.5) is 0 Å². The summed E-state index contributed by atoms with van der Waals surface area (Å²) in [7, 11) is 0. The minimum Gasteiger partial charge on any atom is -0.395 e. The molecule has 0 saturated carbocycles. The van der Waals surface area contributed by atoms with Gasteiger partial charge >= 0.3 is 0 Å². The summed E-state index contributed by atoms with van der Waals surface area (Å²) >= 11 is 0. The number of rotatable bonds is 6. The highest BCUT2D eigenvalue weighted by atomic mass is 16.3. The number of likely N-dealkylation sites (tertiary alicyclic amines) is 1. The summed E-state index contributed by atoms with van der Waals surface area (Å²) in [6.07, 6.45) is 3.67. The summed E-state index contributed by atoms with van der Waals surface area (Å²) in [5, 5.41) is 22.5. The molecule has 3 N–H and O–H groups in total. The first-order valence-corrected chi connectivity index (χ1v) is 7.69. The molecule has 0 spiro atoms. The van der Waals surface area contributed by atoms with E-state index < -0.39 is 6.10 Å². The highest BCUT2D eigenvalue weighted by Gasteiger charge is 2.40. The molecule has 0 radical (unpaired) electrons. The number of carbonyl (C=O) groups is 1. The standard InChI is InChI=1S/C17H24N2O3/c1-2-16(21)18-14-11-19(15(12-20)17(14)22)10-6-9-13-7-4-3-5-8-13/h3-9,14-15,17,20,22H,2,10-12H2,1H3,(H,18,21)/t14-,15-,17+/m0/s1. The SMILES string of the molecule is CCC(=O)N[C@H]1CN(CC=Cc2ccccc2)[C@@H](CO)[C@@H]1O. The third kappa shape index (κ3) is 4.16. The number of nitrogens with one attached hydrogen (secondary N) is 1. The third-order valence-corrected chi connectivity index (χ3v) is 4.01. The number of hydrogen-bond acceptors (Lipinski definition) is 4. The van der Waals surface area contributed by atoms with Crippen LogP contribution in [0.5, 0.6) is 0 Å². The molecule has 120 valence electrons. The van der Waals surface area contributed by atoms with Gasteiger partial charge in [0.25, 0.3) is 0 Å². The van der Waals surface area contributed by atoms with Crippen molar-refractivity contribution in [2.45, 2.75) is 31.5 Å². The lowest BCUT2D eigenvalue weighted by atomic mass is 10.1. The molecule has 0 unspecified atom stereocenters. The van der Waals surface area contributed by atoms with Crippen LogP contribution in [0, 0.1) is 0 Å². The summed E-state index contributed by atoms with van der Waals surface area (Å²) in [6.45, 7) is 2.81. The molecule has 2 rings (SSSR count). The number of benzene rings is 1. The number of hydrogen-bond donors (Lipinski definition) is 3. The van der Waals surface area contributed by atoms with E-state index in [0.29, 0.717) is 19.5 Å². The van der Waals surface area contributed by atoms with Gasteiger partial charge < -0.3 is 15.5 Å². The Balaban J connectivity index is 1.95. The number of carbonyl (C=O) groups excluding carboxylic acids is 1. The van der Waals surface area contributed by atoms with E-state index >= 15 is 0 Å². The van der Waals surface area contributed by atoms with Crippen LogP contribution in [-0.2, 0) is 4.79 Å². The monoisotopic (exact) mass is 304 g/mol. The molecule has 5 heteroatoms. The summed E-state index contributed by atoms with van der Waals surface area (Å²) in [4.78, 5) is 13.5. The minimum absolute atomic E-state index is 0.0811. The molecule has 0 bridgehead atoms. The Morgan fingerprint density at radius 2 is 2.14 bits per heavy atom. The summed E-state index contributed by atoms with van der Waals surface area (Å²) in [6, 6.07) is 9.29. The van der Waals surface area contributed by atoms with Gasteiger partial charge in [-0.2, -0.15) is 0 Å². The Kier molecular flexibility index (Phi) is 6.12. The van der Waals surface area contributed by atoms with Crippen molar-refractivity contribution in [3.05, 3.63) is 42.0 Å². The predicted octanol–water partition coefficient (Wildman–Crippen LogP) is 0.632. The first kappa shape index (κ1) is 16.7. The maximum Gasteiger partial charge on any atom is 0.220 e. The molecule has 1 amide bonds. The fourth-order valence-electron chi connectivity index (χ4n) is 2.74.